The van der Waals surface area contributed by atoms with E-state index in [1.165, 1.54) is 0 Å². The van der Waals surface area contributed by atoms with Crippen molar-refractivity contribution in [3.05, 3.63) is 29.3 Å². The SMILES string of the molecule is CNCCCNC(=O)CCOc1ccc(Cl)cc1. The van der Waals surface area contributed by atoms with Gasteiger partial charge in [0.25, 0.3) is 0 Å². The van der Waals surface area contributed by atoms with Gasteiger partial charge in [-0.2, -0.15) is 0 Å². The standard InChI is InChI=1S/C13H19ClN2O2/c1-15-8-2-9-16-13(17)7-10-18-12-5-3-11(14)4-6-12/h3-6,15H,2,7-10H2,1H3,(H,16,17). The van der Waals surface area contributed by atoms with Crippen molar-refractivity contribution in [3.63, 3.8) is 0 Å². The minimum atomic E-state index is 0.0140. The van der Waals surface area contributed by atoms with Gasteiger partial charge in [-0.1, -0.05) is 11.6 Å². The van der Waals surface area contributed by atoms with E-state index in [2.05, 4.69) is 10.6 Å². The first-order chi connectivity index (χ1) is 8.72. The zero-order valence-electron chi connectivity index (χ0n) is 10.5. The van der Waals surface area contributed by atoms with E-state index < -0.39 is 0 Å². The van der Waals surface area contributed by atoms with Gasteiger partial charge in [0, 0.05) is 11.6 Å². The molecule has 1 aromatic carbocycles. The van der Waals surface area contributed by atoms with E-state index in [0.717, 1.165) is 18.7 Å². The molecule has 0 aliphatic rings. The Hall–Kier alpha value is -1.26. The molecule has 5 heteroatoms. The number of rotatable bonds is 8. The van der Waals surface area contributed by atoms with E-state index in [-0.39, 0.29) is 5.91 Å². The minimum absolute atomic E-state index is 0.0140. The van der Waals surface area contributed by atoms with E-state index in [0.29, 0.717) is 24.6 Å². The molecule has 1 aromatic rings. The highest BCUT2D eigenvalue weighted by Gasteiger charge is 2.01. The van der Waals surface area contributed by atoms with Crippen molar-refractivity contribution in [3.8, 4) is 5.75 Å². The molecule has 0 unspecified atom stereocenters. The average Bonchev–Trinajstić information content (AvgIpc) is 2.37. The Morgan fingerprint density at radius 3 is 2.67 bits per heavy atom. The summed E-state index contributed by atoms with van der Waals surface area (Å²) in [4.78, 5) is 11.4. The van der Waals surface area contributed by atoms with Crippen molar-refractivity contribution >= 4 is 17.5 Å². The van der Waals surface area contributed by atoms with Crippen LogP contribution in [0.25, 0.3) is 0 Å². The lowest BCUT2D eigenvalue weighted by Gasteiger charge is -2.07. The quantitative estimate of drug-likeness (QED) is 0.709. The van der Waals surface area contributed by atoms with Gasteiger partial charge in [-0.05, 0) is 44.3 Å². The highest BCUT2D eigenvalue weighted by Crippen LogP contribution is 2.15. The Morgan fingerprint density at radius 1 is 1.28 bits per heavy atom. The van der Waals surface area contributed by atoms with Crippen molar-refractivity contribution in [2.45, 2.75) is 12.8 Å². The first-order valence-electron chi connectivity index (χ1n) is 6.02. The molecule has 18 heavy (non-hydrogen) atoms. The van der Waals surface area contributed by atoms with E-state index in [1.807, 2.05) is 7.05 Å². The molecule has 0 aliphatic carbocycles. The molecule has 0 heterocycles. The number of hydrogen-bond donors (Lipinski definition) is 2. The summed E-state index contributed by atoms with van der Waals surface area (Å²) >= 11 is 5.75. The zero-order valence-corrected chi connectivity index (χ0v) is 11.3. The molecular weight excluding hydrogens is 252 g/mol. The van der Waals surface area contributed by atoms with E-state index >= 15 is 0 Å². The van der Waals surface area contributed by atoms with Crippen LogP contribution in [0.2, 0.25) is 5.02 Å². The molecule has 0 atom stereocenters. The molecule has 0 radical (unpaired) electrons. The Kier molecular flexibility index (Phi) is 7.22. The number of benzene rings is 1. The minimum Gasteiger partial charge on any atom is -0.493 e. The molecule has 0 saturated heterocycles. The lowest BCUT2D eigenvalue weighted by Crippen LogP contribution is -2.27. The molecule has 0 fully saturated rings. The molecule has 0 aliphatic heterocycles. The Balaban J connectivity index is 2.10. The largest absolute Gasteiger partial charge is 0.493 e. The predicted molar refractivity (Wildman–Crippen MR) is 73.1 cm³/mol. The maximum absolute atomic E-state index is 11.4. The van der Waals surface area contributed by atoms with Crippen LogP contribution in [0.3, 0.4) is 0 Å². The summed E-state index contributed by atoms with van der Waals surface area (Å²) in [6, 6.07) is 7.09. The van der Waals surface area contributed by atoms with Gasteiger partial charge in [-0.3, -0.25) is 4.79 Å². The number of hydrogen-bond acceptors (Lipinski definition) is 3. The number of carbonyl (C=O) groups is 1. The second kappa shape index (κ2) is 8.78. The fourth-order valence-corrected chi connectivity index (χ4v) is 1.50. The van der Waals surface area contributed by atoms with Gasteiger partial charge < -0.3 is 15.4 Å². The Bertz CT molecular complexity index is 355. The van der Waals surface area contributed by atoms with Crippen molar-refractivity contribution in [2.24, 2.45) is 0 Å². The molecule has 100 valence electrons. The monoisotopic (exact) mass is 270 g/mol. The molecule has 0 bridgehead atoms. The maximum Gasteiger partial charge on any atom is 0.223 e. The summed E-state index contributed by atoms with van der Waals surface area (Å²) in [5.41, 5.74) is 0. The number of nitrogens with one attached hydrogen (secondary N) is 2. The molecular formula is C13H19ClN2O2. The first kappa shape index (κ1) is 14.8. The van der Waals surface area contributed by atoms with Gasteiger partial charge in [0.05, 0.1) is 13.0 Å². The third-order valence-electron chi connectivity index (χ3n) is 2.34. The third kappa shape index (κ3) is 6.47. The molecule has 0 aromatic heterocycles. The fourth-order valence-electron chi connectivity index (χ4n) is 1.37. The summed E-state index contributed by atoms with van der Waals surface area (Å²) in [6.07, 6.45) is 1.29. The zero-order chi connectivity index (χ0) is 13.2. The van der Waals surface area contributed by atoms with Crippen molar-refractivity contribution in [1.82, 2.24) is 10.6 Å². The summed E-state index contributed by atoms with van der Waals surface area (Å²) in [5.74, 6) is 0.738. The highest BCUT2D eigenvalue weighted by atomic mass is 35.5. The van der Waals surface area contributed by atoms with E-state index in [4.69, 9.17) is 16.3 Å². The van der Waals surface area contributed by atoms with Crippen LogP contribution in [0.5, 0.6) is 5.75 Å². The molecule has 1 amide bonds. The normalized spacial score (nSPS) is 10.1. The van der Waals surface area contributed by atoms with Crippen molar-refractivity contribution < 1.29 is 9.53 Å². The van der Waals surface area contributed by atoms with E-state index in [1.54, 1.807) is 24.3 Å². The molecule has 1 rings (SSSR count). The van der Waals surface area contributed by atoms with Crippen LogP contribution >= 0.6 is 11.6 Å². The topological polar surface area (TPSA) is 50.4 Å². The molecule has 2 N–H and O–H groups in total. The summed E-state index contributed by atoms with van der Waals surface area (Å²) in [5, 5.41) is 6.53. The van der Waals surface area contributed by atoms with E-state index in [9.17, 15) is 4.79 Å². The number of carbonyl (C=O) groups excluding carboxylic acids is 1. The van der Waals surface area contributed by atoms with Gasteiger partial charge in [-0.15, -0.1) is 0 Å². The first-order valence-corrected chi connectivity index (χ1v) is 6.40. The van der Waals surface area contributed by atoms with Crippen LogP contribution in [0.4, 0.5) is 0 Å². The van der Waals surface area contributed by atoms with Gasteiger partial charge in [0.1, 0.15) is 5.75 Å². The van der Waals surface area contributed by atoms with Crippen LogP contribution in [0, 0.1) is 0 Å². The summed E-state index contributed by atoms with van der Waals surface area (Å²) in [7, 11) is 1.89. The smallest absolute Gasteiger partial charge is 0.223 e. The Morgan fingerprint density at radius 2 is 2.00 bits per heavy atom. The number of ether oxygens (including phenoxy) is 1. The summed E-state index contributed by atoms with van der Waals surface area (Å²) < 4.78 is 5.43. The third-order valence-corrected chi connectivity index (χ3v) is 2.59. The highest BCUT2D eigenvalue weighted by molar-refractivity contribution is 6.30. The number of amides is 1. The molecule has 0 spiro atoms. The van der Waals surface area contributed by atoms with Crippen LogP contribution in [0.15, 0.2) is 24.3 Å². The molecule has 0 saturated carbocycles. The predicted octanol–water partition coefficient (Wildman–Crippen LogP) is 1.83. The van der Waals surface area contributed by atoms with Crippen LogP contribution in [-0.2, 0) is 4.79 Å². The Labute approximate surface area is 113 Å². The molecule has 4 nitrogen and oxygen atoms in total. The van der Waals surface area contributed by atoms with Crippen LogP contribution in [0.1, 0.15) is 12.8 Å². The fraction of sp³-hybridized carbons (Fsp3) is 0.462. The van der Waals surface area contributed by atoms with Gasteiger partial charge in [0.2, 0.25) is 5.91 Å². The summed E-state index contributed by atoms with van der Waals surface area (Å²) in [6.45, 7) is 1.97. The van der Waals surface area contributed by atoms with Gasteiger partial charge in [0.15, 0.2) is 0 Å². The number of halogens is 1. The van der Waals surface area contributed by atoms with Crippen molar-refractivity contribution in [1.29, 1.82) is 0 Å². The maximum atomic E-state index is 11.4. The van der Waals surface area contributed by atoms with Crippen molar-refractivity contribution in [2.75, 3.05) is 26.7 Å². The van der Waals surface area contributed by atoms with Gasteiger partial charge in [-0.25, -0.2) is 0 Å². The second-order valence-corrected chi connectivity index (χ2v) is 4.30. The second-order valence-electron chi connectivity index (χ2n) is 3.86. The average molecular weight is 271 g/mol. The van der Waals surface area contributed by atoms with Gasteiger partial charge >= 0.3 is 0 Å². The lowest BCUT2D eigenvalue weighted by atomic mass is 10.3. The van der Waals surface area contributed by atoms with Crippen LogP contribution in [-0.4, -0.2) is 32.7 Å². The lowest BCUT2D eigenvalue weighted by molar-refractivity contribution is -0.121. The van der Waals surface area contributed by atoms with Crippen LogP contribution < -0.4 is 15.4 Å².